The second-order valence-electron chi connectivity index (χ2n) is 5.09. The van der Waals surface area contributed by atoms with Gasteiger partial charge in [-0.15, -0.1) is 0 Å². The average Bonchev–Trinajstić information content (AvgIpc) is 3.03. The summed E-state index contributed by atoms with van der Waals surface area (Å²) in [4.78, 5) is 27.4. The maximum absolute atomic E-state index is 11.8. The van der Waals surface area contributed by atoms with Crippen molar-refractivity contribution in [2.45, 2.75) is 0 Å². The predicted molar refractivity (Wildman–Crippen MR) is 93.0 cm³/mol. The fourth-order valence-corrected chi connectivity index (χ4v) is 2.59. The molecule has 1 amide bonds. The quantitative estimate of drug-likeness (QED) is 0.722. The van der Waals surface area contributed by atoms with E-state index in [1.54, 1.807) is 35.0 Å². The highest BCUT2D eigenvalue weighted by atomic mass is 35.5. The Hall–Kier alpha value is -3.06. The number of hydrogen-bond donors (Lipinski definition) is 1. The number of nitrogens with one attached hydrogen (secondary N) is 1. The van der Waals surface area contributed by atoms with Gasteiger partial charge in [-0.25, -0.2) is 14.6 Å². The van der Waals surface area contributed by atoms with E-state index in [-0.39, 0.29) is 10.6 Å². The van der Waals surface area contributed by atoms with Crippen LogP contribution in [0.5, 0.6) is 0 Å². The van der Waals surface area contributed by atoms with Crippen molar-refractivity contribution < 1.29 is 19.1 Å². The molecule has 0 radical (unpaired) electrons. The van der Waals surface area contributed by atoms with E-state index in [2.05, 4.69) is 15.0 Å². The van der Waals surface area contributed by atoms with Gasteiger partial charge in [0.05, 0.1) is 36.7 Å². The third-order valence-electron chi connectivity index (χ3n) is 3.61. The van der Waals surface area contributed by atoms with Crippen molar-refractivity contribution in [2.75, 3.05) is 19.5 Å². The number of rotatable bonds is 3. The molecule has 128 valence electrons. The molecule has 3 rings (SSSR count). The lowest BCUT2D eigenvalue weighted by molar-refractivity contribution is 0.0600. The molecular weight excluding hydrogens is 346 g/mol. The van der Waals surface area contributed by atoms with Crippen molar-refractivity contribution in [3.63, 3.8) is 0 Å². The molecule has 0 bridgehead atoms. The molecule has 2 heterocycles. The zero-order valence-corrected chi connectivity index (χ0v) is 14.2. The van der Waals surface area contributed by atoms with Crippen molar-refractivity contribution in [3.8, 4) is 11.3 Å². The van der Waals surface area contributed by atoms with Gasteiger partial charge in [-0.05, 0) is 12.1 Å². The average molecular weight is 360 g/mol. The molecule has 0 aliphatic rings. The van der Waals surface area contributed by atoms with Gasteiger partial charge in [-0.1, -0.05) is 23.7 Å². The Kier molecular flexibility index (Phi) is 4.58. The van der Waals surface area contributed by atoms with Crippen LogP contribution in [-0.4, -0.2) is 35.7 Å². The van der Waals surface area contributed by atoms with Crippen LogP contribution < -0.4 is 5.32 Å². The maximum Gasteiger partial charge on any atom is 0.411 e. The molecule has 25 heavy (non-hydrogen) atoms. The molecule has 7 nitrogen and oxygen atoms in total. The predicted octanol–water partition coefficient (Wildman–Crippen LogP) is 3.62. The Morgan fingerprint density at radius 1 is 1.16 bits per heavy atom. The lowest BCUT2D eigenvalue weighted by Crippen LogP contribution is -2.10. The van der Waals surface area contributed by atoms with Crippen LogP contribution in [0, 0.1) is 0 Å². The Bertz CT molecular complexity index is 950. The monoisotopic (exact) mass is 359 g/mol. The van der Waals surface area contributed by atoms with Crippen LogP contribution in [0.4, 0.5) is 10.5 Å². The summed E-state index contributed by atoms with van der Waals surface area (Å²) in [5.74, 6) is -0.524. The fourth-order valence-electron chi connectivity index (χ4n) is 2.37. The van der Waals surface area contributed by atoms with Gasteiger partial charge in [-0.3, -0.25) is 9.72 Å². The number of aromatic nitrogens is 2. The first-order valence-electron chi connectivity index (χ1n) is 7.24. The molecule has 2 aromatic heterocycles. The number of nitrogens with zero attached hydrogens (tertiary/aromatic N) is 2. The number of halogens is 1. The normalized spacial score (nSPS) is 10.5. The number of esters is 1. The Labute approximate surface area is 148 Å². The fraction of sp³-hybridized carbons (Fsp3) is 0.118. The Balaban J connectivity index is 2.01. The van der Waals surface area contributed by atoms with Crippen molar-refractivity contribution in [1.29, 1.82) is 0 Å². The highest BCUT2D eigenvalue weighted by molar-refractivity contribution is 6.33. The van der Waals surface area contributed by atoms with Gasteiger partial charge in [-0.2, -0.15) is 0 Å². The number of amides is 1. The molecule has 0 aliphatic carbocycles. The van der Waals surface area contributed by atoms with E-state index in [0.29, 0.717) is 11.3 Å². The van der Waals surface area contributed by atoms with Crippen LogP contribution in [0.15, 0.2) is 42.7 Å². The standard InChI is InChI=1S/C17H14ClN3O4/c1-24-16(22)12-9-21-14(8-19-15(21)7-13(12)18)10-3-5-11(6-4-10)20-17(23)25-2/h3-9H,1-2H3,(H,20,23). The largest absolute Gasteiger partial charge is 0.465 e. The first kappa shape index (κ1) is 16.8. The zero-order valence-electron chi connectivity index (χ0n) is 13.4. The molecule has 0 saturated heterocycles. The lowest BCUT2D eigenvalue weighted by Gasteiger charge is -2.07. The third kappa shape index (κ3) is 3.27. The SMILES string of the molecule is COC(=O)Nc1ccc(-c2cnc3cc(Cl)c(C(=O)OC)cn23)cc1. The number of carbonyl (C=O) groups excluding carboxylic acids is 2. The second kappa shape index (κ2) is 6.82. The molecule has 0 fully saturated rings. The van der Waals surface area contributed by atoms with Crippen LogP contribution in [-0.2, 0) is 9.47 Å². The molecular formula is C17H14ClN3O4. The van der Waals surface area contributed by atoms with Crippen molar-refractivity contribution in [3.05, 3.63) is 53.3 Å². The van der Waals surface area contributed by atoms with Gasteiger partial charge in [0.1, 0.15) is 5.65 Å². The first-order chi connectivity index (χ1) is 12.0. The number of fused-ring (bicyclic) bond motifs is 1. The number of pyridine rings is 1. The topological polar surface area (TPSA) is 81.9 Å². The number of hydrogen-bond acceptors (Lipinski definition) is 5. The Morgan fingerprint density at radius 2 is 1.88 bits per heavy atom. The maximum atomic E-state index is 11.8. The van der Waals surface area contributed by atoms with Crippen LogP contribution in [0.2, 0.25) is 5.02 Å². The van der Waals surface area contributed by atoms with Crippen LogP contribution in [0.25, 0.3) is 16.9 Å². The lowest BCUT2D eigenvalue weighted by atomic mass is 10.1. The molecule has 0 spiro atoms. The summed E-state index contributed by atoms with van der Waals surface area (Å²) in [6.07, 6.45) is 2.72. The van der Waals surface area contributed by atoms with Gasteiger partial charge in [0.15, 0.2) is 0 Å². The molecule has 0 saturated carbocycles. The summed E-state index contributed by atoms with van der Waals surface area (Å²) in [5.41, 5.74) is 3.06. The molecule has 8 heteroatoms. The number of imidazole rings is 1. The molecule has 0 aliphatic heterocycles. The van der Waals surface area contributed by atoms with Crippen LogP contribution >= 0.6 is 11.6 Å². The summed E-state index contributed by atoms with van der Waals surface area (Å²) in [5, 5.41) is 2.85. The molecule has 0 atom stereocenters. The van der Waals surface area contributed by atoms with E-state index < -0.39 is 12.1 Å². The minimum Gasteiger partial charge on any atom is -0.465 e. The highest BCUT2D eigenvalue weighted by Gasteiger charge is 2.15. The smallest absolute Gasteiger partial charge is 0.411 e. The first-order valence-corrected chi connectivity index (χ1v) is 7.61. The van der Waals surface area contributed by atoms with E-state index in [0.717, 1.165) is 11.3 Å². The summed E-state index contributed by atoms with van der Waals surface area (Å²) in [6, 6.07) is 8.72. The van der Waals surface area contributed by atoms with Gasteiger partial charge in [0.2, 0.25) is 0 Å². The summed E-state index contributed by atoms with van der Waals surface area (Å²) in [7, 11) is 2.59. The number of carbonyl (C=O) groups is 2. The van der Waals surface area contributed by atoms with E-state index in [1.165, 1.54) is 14.2 Å². The van der Waals surface area contributed by atoms with Gasteiger partial charge >= 0.3 is 12.1 Å². The van der Waals surface area contributed by atoms with Crippen LogP contribution in [0.1, 0.15) is 10.4 Å². The van der Waals surface area contributed by atoms with Gasteiger partial charge in [0, 0.05) is 23.5 Å². The van der Waals surface area contributed by atoms with E-state index in [4.69, 9.17) is 16.3 Å². The molecule has 1 aromatic carbocycles. The summed E-state index contributed by atoms with van der Waals surface area (Å²) >= 11 is 6.11. The van der Waals surface area contributed by atoms with Crippen LogP contribution in [0.3, 0.4) is 0 Å². The van der Waals surface area contributed by atoms with E-state index in [1.807, 2.05) is 12.1 Å². The zero-order chi connectivity index (χ0) is 18.0. The van der Waals surface area contributed by atoms with Crippen molar-refractivity contribution >= 4 is 35.0 Å². The van der Waals surface area contributed by atoms with Crippen molar-refractivity contribution in [2.24, 2.45) is 0 Å². The number of ether oxygens (including phenoxy) is 2. The molecule has 0 unspecified atom stereocenters. The number of methoxy groups -OCH3 is 2. The summed E-state index contributed by atoms with van der Waals surface area (Å²) < 4.78 is 11.0. The number of benzene rings is 1. The Morgan fingerprint density at radius 3 is 2.52 bits per heavy atom. The van der Waals surface area contributed by atoms with Crippen molar-refractivity contribution in [1.82, 2.24) is 9.38 Å². The van der Waals surface area contributed by atoms with E-state index >= 15 is 0 Å². The van der Waals surface area contributed by atoms with Gasteiger partial charge in [0.25, 0.3) is 0 Å². The van der Waals surface area contributed by atoms with E-state index in [9.17, 15) is 9.59 Å². The molecule has 3 aromatic rings. The summed E-state index contributed by atoms with van der Waals surface area (Å²) in [6.45, 7) is 0. The third-order valence-corrected chi connectivity index (χ3v) is 3.93. The molecule has 1 N–H and O–H groups in total. The highest BCUT2D eigenvalue weighted by Crippen LogP contribution is 2.26. The number of anilines is 1. The minimum absolute atomic E-state index is 0.250. The van der Waals surface area contributed by atoms with Gasteiger partial charge < -0.3 is 9.47 Å². The minimum atomic E-state index is -0.542. The second-order valence-corrected chi connectivity index (χ2v) is 5.50.